The molecule has 0 aliphatic rings. The van der Waals surface area contributed by atoms with Gasteiger partial charge in [-0.25, -0.2) is 0 Å². The predicted octanol–water partition coefficient (Wildman–Crippen LogP) is 6.39. The number of non-ortho nitro benzene ring substituents is 2. The summed E-state index contributed by atoms with van der Waals surface area (Å²) in [7, 11) is 0. The van der Waals surface area contributed by atoms with Crippen molar-refractivity contribution in [1.82, 2.24) is 0 Å². The highest BCUT2D eigenvalue weighted by Gasteiger charge is 2.26. The summed E-state index contributed by atoms with van der Waals surface area (Å²) in [5, 5.41) is 22.4. The molecule has 198 valence electrons. The molecule has 0 spiro atoms. The normalized spacial score (nSPS) is 12.3. The maximum atomic E-state index is 13.5. The van der Waals surface area contributed by atoms with E-state index in [2.05, 4.69) is 0 Å². The Morgan fingerprint density at radius 3 is 1.32 bits per heavy atom. The highest BCUT2D eigenvalue weighted by atomic mass is 16.6. The van der Waals surface area contributed by atoms with Crippen molar-refractivity contribution >= 4 is 34.6 Å². The average Bonchev–Trinajstić information content (AvgIpc) is 2.93. The number of amides is 2. The third kappa shape index (κ3) is 6.03. The molecule has 0 saturated carbocycles. The Hall–Kier alpha value is -4.60. The Morgan fingerprint density at radius 2 is 1.03 bits per heavy atom. The lowest BCUT2D eigenvalue weighted by atomic mass is 10.1. The van der Waals surface area contributed by atoms with Crippen LogP contribution in [0.2, 0.25) is 0 Å². The summed E-state index contributed by atoms with van der Waals surface area (Å²) >= 11 is 0. The van der Waals surface area contributed by atoms with Gasteiger partial charge >= 0.3 is 0 Å². The van der Waals surface area contributed by atoms with E-state index < -0.39 is 9.85 Å². The summed E-state index contributed by atoms with van der Waals surface area (Å²) in [6.45, 7) is 7.66. The third-order valence-corrected chi connectivity index (χ3v) is 6.51. The first kappa shape index (κ1) is 28.0. The van der Waals surface area contributed by atoms with E-state index in [9.17, 15) is 29.8 Å². The molecule has 2 amide bonds. The molecule has 3 aromatic rings. The minimum absolute atomic E-state index is 0.167. The van der Waals surface area contributed by atoms with Gasteiger partial charge in [-0.3, -0.25) is 29.8 Å². The first-order valence-corrected chi connectivity index (χ1v) is 12.3. The molecule has 10 heteroatoms. The number of hydrogen-bond donors (Lipinski definition) is 0. The number of nitrogens with zero attached hydrogens (tertiary/aromatic N) is 4. The van der Waals surface area contributed by atoms with Crippen molar-refractivity contribution in [1.29, 1.82) is 0 Å². The molecule has 3 aromatic carbocycles. The maximum absolute atomic E-state index is 13.5. The van der Waals surface area contributed by atoms with Gasteiger partial charge in [-0.05, 0) is 63.1 Å². The Bertz CT molecular complexity index is 1240. The number of nitro groups is 2. The van der Waals surface area contributed by atoms with Gasteiger partial charge in [0.05, 0.1) is 9.85 Å². The van der Waals surface area contributed by atoms with Crippen LogP contribution in [0, 0.1) is 20.2 Å². The standard InChI is InChI=1S/C28H30N4O6/c1-5-19(3)29(27(33)21-9-7-11-25(17-21)31(35)36)23-13-15-24(16-14-23)30(20(4)6-2)28(34)22-10-8-12-26(18-22)32(37)38/h7-20H,5-6H2,1-4H3/t19-,20-/m1/s1. The highest BCUT2D eigenvalue weighted by Crippen LogP contribution is 2.29. The minimum Gasteiger partial charge on any atom is -0.306 e. The Balaban J connectivity index is 1.99. The fraction of sp³-hybridized carbons (Fsp3) is 0.286. The summed E-state index contributed by atoms with van der Waals surface area (Å²) in [6, 6.07) is 17.7. The molecule has 0 fully saturated rings. The molecular formula is C28H30N4O6. The molecule has 0 saturated heterocycles. The van der Waals surface area contributed by atoms with Crippen LogP contribution in [0.1, 0.15) is 61.3 Å². The molecule has 0 aliphatic carbocycles. The number of rotatable bonds is 10. The van der Waals surface area contributed by atoms with Gasteiger partial charge in [0.25, 0.3) is 23.2 Å². The Kier molecular flexibility index (Phi) is 8.90. The molecule has 0 N–H and O–H groups in total. The van der Waals surface area contributed by atoms with E-state index in [0.29, 0.717) is 24.2 Å². The second-order valence-electron chi connectivity index (χ2n) is 9.00. The summed E-state index contributed by atoms with van der Waals surface area (Å²) in [4.78, 5) is 51.4. The van der Waals surface area contributed by atoms with Gasteiger partial charge in [-0.15, -0.1) is 0 Å². The van der Waals surface area contributed by atoms with E-state index in [1.165, 1.54) is 36.4 Å². The van der Waals surface area contributed by atoms with E-state index in [0.717, 1.165) is 0 Å². The summed E-state index contributed by atoms with van der Waals surface area (Å²) in [5.74, 6) is -0.746. The fourth-order valence-corrected chi connectivity index (χ4v) is 4.07. The largest absolute Gasteiger partial charge is 0.306 e. The number of benzene rings is 3. The van der Waals surface area contributed by atoms with Crippen molar-refractivity contribution in [2.45, 2.75) is 52.6 Å². The zero-order valence-electron chi connectivity index (χ0n) is 21.7. The lowest BCUT2D eigenvalue weighted by molar-refractivity contribution is -0.385. The molecule has 0 heterocycles. The zero-order valence-corrected chi connectivity index (χ0v) is 21.7. The molecule has 0 unspecified atom stereocenters. The smallest absolute Gasteiger partial charge is 0.270 e. The molecule has 2 atom stereocenters. The molecule has 0 aromatic heterocycles. The van der Waals surface area contributed by atoms with Crippen LogP contribution >= 0.6 is 0 Å². The van der Waals surface area contributed by atoms with Gasteiger partial charge in [0.1, 0.15) is 0 Å². The monoisotopic (exact) mass is 518 g/mol. The van der Waals surface area contributed by atoms with E-state index in [-0.39, 0.29) is 46.4 Å². The fourth-order valence-electron chi connectivity index (χ4n) is 4.07. The van der Waals surface area contributed by atoms with E-state index in [1.807, 2.05) is 27.7 Å². The first-order valence-electron chi connectivity index (χ1n) is 12.3. The van der Waals surface area contributed by atoms with Crippen molar-refractivity contribution in [2.24, 2.45) is 0 Å². The van der Waals surface area contributed by atoms with Crippen LogP contribution in [-0.2, 0) is 0 Å². The molecule has 10 nitrogen and oxygen atoms in total. The van der Waals surface area contributed by atoms with Crippen molar-refractivity contribution in [3.63, 3.8) is 0 Å². The second-order valence-corrected chi connectivity index (χ2v) is 9.00. The lowest BCUT2D eigenvalue weighted by Gasteiger charge is -2.31. The first-order chi connectivity index (χ1) is 18.1. The van der Waals surface area contributed by atoms with Gasteiger partial charge in [0.2, 0.25) is 0 Å². The van der Waals surface area contributed by atoms with Crippen LogP contribution < -0.4 is 9.80 Å². The summed E-state index contributed by atoms with van der Waals surface area (Å²) < 4.78 is 0. The molecule has 3 rings (SSSR count). The zero-order chi connectivity index (χ0) is 28.0. The van der Waals surface area contributed by atoms with E-state index >= 15 is 0 Å². The minimum atomic E-state index is -0.541. The van der Waals surface area contributed by atoms with Crippen molar-refractivity contribution < 1.29 is 19.4 Å². The van der Waals surface area contributed by atoms with Crippen LogP contribution in [0.25, 0.3) is 0 Å². The topological polar surface area (TPSA) is 127 Å². The van der Waals surface area contributed by atoms with Gasteiger partial charge in [0.15, 0.2) is 0 Å². The Morgan fingerprint density at radius 1 is 0.684 bits per heavy atom. The number of nitro benzene ring substituents is 2. The van der Waals surface area contributed by atoms with Crippen molar-refractivity contribution in [3.8, 4) is 0 Å². The summed E-state index contributed by atoms with van der Waals surface area (Å²) in [5.41, 5.74) is 1.22. The van der Waals surface area contributed by atoms with Crippen LogP contribution in [0.3, 0.4) is 0 Å². The Labute approximate surface area is 220 Å². The van der Waals surface area contributed by atoms with Gasteiger partial charge in [-0.1, -0.05) is 26.0 Å². The number of anilines is 2. The molecule has 0 aliphatic heterocycles. The van der Waals surface area contributed by atoms with Crippen LogP contribution in [0.15, 0.2) is 72.8 Å². The molecule has 0 bridgehead atoms. The van der Waals surface area contributed by atoms with Crippen molar-refractivity contribution in [3.05, 3.63) is 104 Å². The average molecular weight is 519 g/mol. The highest BCUT2D eigenvalue weighted by molar-refractivity contribution is 6.08. The van der Waals surface area contributed by atoms with E-state index in [1.54, 1.807) is 46.2 Å². The molecular weight excluding hydrogens is 488 g/mol. The molecule has 38 heavy (non-hydrogen) atoms. The summed E-state index contributed by atoms with van der Waals surface area (Å²) in [6.07, 6.45) is 1.29. The molecule has 0 radical (unpaired) electrons. The number of carbonyl (C=O) groups excluding carboxylic acids is 2. The van der Waals surface area contributed by atoms with Gasteiger partial charge in [-0.2, -0.15) is 0 Å². The van der Waals surface area contributed by atoms with Crippen LogP contribution in [-0.4, -0.2) is 33.7 Å². The predicted molar refractivity (Wildman–Crippen MR) is 146 cm³/mol. The van der Waals surface area contributed by atoms with Gasteiger partial charge < -0.3 is 9.80 Å². The third-order valence-electron chi connectivity index (χ3n) is 6.51. The van der Waals surface area contributed by atoms with Crippen molar-refractivity contribution in [2.75, 3.05) is 9.80 Å². The lowest BCUT2D eigenvalue weighted by Crippen LogP contribution is -2.39. The maximum Gasteiger partial charge on any atom is 0.270 e. The number of carbonyl (C=O) groups is 2. The van der Waals surface area contributed by atoms with Crippen LogP contribution in [0.5, 0.6) is 0 Å². The van der Waals surface area contributed by atoms with E-state index in [4.69, 9.17) is 0 Å². The second kappa shape index (κ2) is 12.1. The van der Waals surface area contributed by atoms with Crippen LogP contribution in [0.4, 0.5) is 22.7 Å². The quantitative estimate of drug-likeness (QED) is 0.226. The SMILES string of the molecule is CC[C@@H](C)N(C(=O)c1cccc([N+](=O)[O-])c1)c1ccc(N(C(=O)c2cccc([N+](=O)[O-])c2)[C@H](C)CC)cc1. The van der Waals surface area contributed by atoms with Gasteiger partial charge in [0, 0.05) is 58.9 Å². The number of hydrogen-bond acceptors (Lipinski definition) is 6.